The zero-order valence-electron chi connectivity index (χ0n) is 11.5. The Morgan fingerprint density at radius 1 is 1.20 bits per heavy atom. The van der Waals surface area contributed by atoms with E-state index in [2.05, 4.69) is 23.2 Å². The normalized spacial score (nSPS) is 14.3. The Labute approximate surface area is 117 Å². The van der Waals surface area contributed by atoms with E-state index in [0.29, 0.717) is 6.61 Å². The van der Waals surface area contributed by atoms with Crippen molar-refractivity contribution < 1.29 is 4.74 Å². The van der Waals surface area contributed by atoms with Crippen molar-refractivity contribution in [2.75, 3.05) is 6.61 Å². The highest BCUT2D eigenvalue weighted by Gasteiger charge is 2.07. The molecule has 1 aromatic carbocycles. The maximum Gasteiger partial charge on any atom is 0.248 e. The van der Waals surface area contributed by atoms with Gasteiger partial charge in [0.1, 0.15) is 12.4 Å². The average molecular weight is 267 g/mol. The van der Waals surface area contributed by atoms with Crippen molar-refractivity contribution >= 4 is 10.9 Å². The van der Waals surface area contributed by atoms with Crippen molar-refractivity contribution in [3.63, 3.8) is 0 Å². The van der Waals surface area contributed by atoms with Crippen molar-refractivity contribution in [2.24, 2.45) is 0 Å². The van der Waals surface area contributed by atoms with Crippen LogP contribution in [0.3, 0.4) is 0 Å². The summed E-state index contributed by atoms with van der Waals surface area (Å²) in [6.07, 6.45) is 8.63. The monoisotopic (exact) mass is 267 g/mol. The predicted octanol–water partition coefficient (Wildman–Crippen LogP) is 3.49. The number of hydrogen-bond donors (Lipinski definition) is 1. The first kappa shape index (κ1) is 12.7. The second kappa shape index (κ2) is 5.37. The van der Waals surface area contributed by atoms with Crippen LogP contribution in [0.4, 0.5) is 0 Å². The molecule has 0 spiro atoms. The molecule has 1 aliphatic carbocycles. The van der Waals surface area contributed by atoms with Gasteiger partial charge >= 0.3 is 0 Å². The lowest BCUT2D eigenvalue weighted by atomic mass is 10.1. The van der Waals surface area contributed by atoms with Gasteiger partial charge in [0, 0.05) is 11.5 Å². The van der Waals surface area contributed by atoms with E-state index in [1.54, 1.807) is 6.07 Å². The van der Waals surface area contributed by atoms with Gasteiger partial charge in [0.05, 0.1) is 5.52 Å². The third kappa shape index (κ3) is 2.52. The van der Waals surface area contributed by atoms with Gasteiger partial charge in [-0.05, 0) is 43.0 Å². The number of ether oxygens (including phenoxy) is 1. The molecule has 2 aromatic rings. The molecule has 0 atom stereocenters. The van der Waals surface area contributed by atoms with Crippen molar-refractivity contribution in [3.05, 3.63) is 64.0 Å². The first-order valence-electron chi connectivity index (χ1n) is 6.85. The molecule has 0 aliphatic heterocycles. The maximum absolute atomic E-state index is 11.5. The minimum Gasteiger partial charge on any atom is -0.487 e. The SMILES string of the molecule is Cc1ccc(OCC2=CCCC=C2)c2[nH]c(=O)ccc12. The van der Waals surface area contributed by atoms with E-state index >= 15 is 0 Å². The number of allylic oxidation sites excluding steroid dienone is 2. The lowest BCUT2D eigenvalue weighted by Gasteiger charge is -2.12. The van der Waals surface area contributed by atoms with Crippen LogP contribution in [0.2, 0.25) is 0 Å². The molecule has 1 aliphatic rings. The fraction of sp³-hybridized carbons (Fsp3) is 0.235. The van der Waals surface area contributed by atoms with Crippen LogP contribution in [-0.2, 0) is 0 Å². The van der Waals surface area contributed by atoms with Crippen molar-refractivity contribution in [1.82, 2.24) is 4.98 Å². The van der Waals surface area contributed by atoms with Gasteiger partial charge < -0.3 is 9.72 Å². The largest absolute Gasteiger partial charge is 0.487 e. The third-order valence-corrected chi connectivity index (χ3v) is 3.54. The lowest BCUT2D eigenvalue weighted by molar-refractivity contribution is 0.358. The molecule has 0 fully saturated rings. The highest BCUT2D eigenvalue weighted by atomic mass is 16.5. The fourth-order valence-corrected chi connectivity index (χ4v) is 2.43. The van der Waals surface area contributed by atoms with Crippen LogP contribution in [0.25, 0.3) is 10.9 Å². The Hall–Kier alpha value is -2.29. The third-order valence-electron chi connectivity index (χ3n) is 3.54. The first-order chi connectivity index (χ1) is 9.74. The van der Waals surface area contributed by atoms with Crippen LogP contribution in [0.15, 0.2) is 52.9 Å². The quantitative estimate of drug-likeness (QED) is 0.925. The van der Waals surface area contributed by atoms with Gasteiger partial charge in [-0.1, -0.05) is 24.3 Å². The number of nitrogens with one attached hydrogen (secondary N) is 1. The number of rotatable bonds is 3. The molecule has 1 heterocycles. The molecule has 0 bridgehead atoms. The topological polar surface area (TPSA) is 42.1 Å². The summed E-state index contributed by atoms with van der Waals surface area (Å²) in [5.74, 6) is 0.725. The Bertz CT molecular complexity index is 753. The Morgan fingerprint density at radius 3 is 2.90 bits per heavy atom. The number of H-pyrrole nitrogens is 1. The van der Waals surface area contributed by atoms with E-state index in [1.165, 1.54) is 5.57 Å². The second-order valence-electron chi connectivity index (χ2n) is 5.04. The zero-order chi connectivity index (χ0) is 13.9. The van der Waals surface area contributed by atoms with Crippen LogP contribution < -0.4 is 10.3 Å². The van der Waals surface area contributed by atoms with Crippen LogP contribution in [0, 0.1) is 6.92 Å². The summed E-state index contributed by atoms with van der Waals surface area (Å²) in [4.78, 5) is 14.4. The number of fused-ring (bicyclic) bond motifs is 1. The number of aromatic nitrogens is 1. The Kier molecular flexibility index (Phi) is 3.42. The molecule has 0 radical (unpaired) electrons. The molecule has 3 nitrogen and oxygen atoms in total. The summed E-state index contributed by atoms with van der Waals surface area (Å²) in [6.45, 7) is 2.56. The van der Waals surface area contributed by atoms with Gasteiger partial charge in [-0.2, -0.15) is 0 Å². The molecule has 0 saturated heterocycles. The standard InChI is InChI=1S/C17H17NO2/c1-12-7-9-15(17-14(12)8-10-16(19)18-17)20-11-13-5-3-2-4-6-13/h3,5-10H,2,4,11H2,1H3,(H,18,19). The molecule has 1 aromatic heterocycles. The molecule has 1 N–H and O–H groups in total. The maximum atomic E-state index is 11.5. The van der Waals surface area contributed by atoms with E-state index in [0.717, 1.165) is 35.1 Å². The molecule has 0 saturated carbocycles. The Morgan fingerprint density at radius 2 is 2.10 bits per heavy atom. The van der Waals surface area contributed by atoms with E-state index in [1.807, 2.05) is 25.1 Å². The van der Waals surface area contributed by atoms with E-state index in [4.69, 9.17) is 4.74 Å². The summed E-state index contributed by atoms with van der Waals surface area (Å²) in [5, 5.41) is 1.02. The summed E-state index contributed by atoms with van der Waals surface area (Å²) in [7, 11) is 0. The van der Waals surface area contributed by atoms with Gasteiger partial charge in [0.2, 0.25) is 5.56 Å². The lowest BCUT2D eigenvalue weighted by Crippen LogP contribution is -2.06. The smallest absolute Gasteiger partial charge is 0.248 e. The second-order valence-corrected chi connectivity index (χ2v) is 5.04. The molecule has 3 heteroatoms. The van der Waals surface area contributed by atoms with Crippen molar-refractivity contribution in [3.8, 4) is 5.75 Å². The summed E-state index contributed by atoms with van der Waals surface area (Å²) >= 11 is 0. The van der Waals surface area contributed by atoms with Crippen LogP contribution in [0.1, 0.15) is 18.4 Å². The number of benzene rings is 1. The van der Waals surface area contributed by atoms with Gasteiger partial charge in [-0.25, -0.2) is 0 Å². The zero-order valence-corrected chi connectivity index (χ0v) is 11.5. The molecular weight excluding hydrogens is 250 g/mol. The summed E-state index contributed by atoms with van der Waals surface area (Å²) in [6, 6.07) is 7.32. The molecule has 3 rings (SSSR count). The van der Waals surface area contributed by atoms with Crippen molar-refractivity contribution in [2.45, 2.75) is 19.8 Å². The summed E-state index contributed by atoms with van der Waals surface area (Å²) < 4.78 is 5.88. The molecule has 0 unspecified atom stereocenters. The van der Waals surface area contributed by atoms with E-state index < -0.39 is 0 Å². The molecule has 20 heavy (non-hydrogen) atoms. The van der Waals surface area contributed by atoms with E-state index in [-0.39, 0.29) is 5.56 Å². The van der Waals surface area contributed by atoms with Crippen LogP contribution >= 0.6 is 0 Å². The van der Waals surface area contributed by atoms with Gasteiger partial charge in [-0.3, -0.25) is 4.79 Å². The minimum absolute atomic E-state index is 0.107. The number of aryl methyl sites for hydroxylation is 1. The van der Waals surface area contributed by atoms with Gasteiger partial charge in [0.25, 0.3) is 0 Å². The van der Waals surface area contributed by atoms with Crippen molar-refractivity contribution in [1.29, 1.82) is 0 Å². The molecule has 0 amide bonds. The Balaban J connectivity index is 1.93. The highest BCUT2D eigenvalue weighted by Crippen LogP contribution is 2.26. The predicted molar refractivity (Wildman–Crippen MR) is 81.3 cm³/mol. The highest BCUT2D eigenvalue weighted by molar-refractivity contribution is 5.87. The summed E-state index contributed by atoms with van der Waals surface area (Å²) in [5.41, 5.74) is 2.98. The molecular formula is C17H17NO2. The minimum atomic E-state index is -0.107. The number of hydrogen-bond acceptors (Lipinski definition) is 2. The average Bonchev–Trinajstić information content (AvgIpc) is 2.47. The van der Waals surface area contributed by atoms with Gasteiger partial charge in [-0.15, -0.1) is 0 Å². The number of pyridine rings is 1. The molecule has 102 valence electrons. The van der Waals surface area contributed by atoms with Gasteiger partial charge in [0.15, 0.2) is 0 Å². The number of aromatic amines is 1. The fourth-order valence-electron chi connectivity index (χ4n) is 2.43. The first-order valence-corrected chi connectivity index (χ1v) is 6.85. The van der Waals surface area contributed by atoms with E-state index in [9.17, 15) is 4.79 Å². The van der Waals surface area contributed by atoms with Crippen LogP contribution in [0.5, 0.6) is 5.75 Å². The van der Waals surface area contributed by atoms with Crippen LogP contribution in [-0.4, -0.2) is 11.6 Å².